The summed E-state index contributed by atoms with van der Waals surface area (Å²) in [4.78, 5) is 11.5. The van der Waals surface area contributed by atoms with Crippen LogP contribution in [0.25, 0.3) is 28.5 Å². The summed E-state index contributed by atoms with van der Waals surface area (Å²) in [6.45, 7) is 0.542. The molecule has 2 heterocycles. The van der Waals surface area contributed by atoms with Crippen LogP contribution in [-0.2, 0) is 11.3 Å². The van der Waals surface area contributed by atoms with E-state index in [0.29, 0.717) is 23.6 Å². The molecule has 0 saturated heterocycles. The Kier molecular flexibility index (Phi) is 4.48. The topological polar surface area (TPSA) is 97.8 Å². The zero-order valence-corrected chi connectivity index (χ0v) is 14.9. The summed E-state index contributed by atoms with van der Waals surface area (Å²) in [5.41, 5.74) is 8.10. The van der Waals surface area contributed by atoms with Crippen molar-refractivity contribution in [2.24, 2.45) is 5.73 Å². The molecule has 2 aromatic heterocycles. The minimum Gasteiger partial charge on any atom is -0.454 e. The standard InChI is InChI=1S/C22H16N4O2/c23-12-17(22(24)27)10-18-14-26(13-15-6-2-1-3-7-15)25-21(18)20-11-16-8-4-5-9-19(16)28-20/h1-11,14H,13H2,(H2,24,27)/b17-10-. The Hall–Kier alpha value is -4.11. The van der Waals surface area contributed by atoms with E-state index in [1.165, 1.54) is 6.08 Å². The molecule has 6 nitrogen and oxygen atoms in total. The number of amides is 1. The number of hydrogen-bond acceptors (Lipinski definition) is 4. The van der Waals surface area contributed by atoms with Crippen molar-refractivity contribution in [1.29, 1.82) is 5.26 Å². The summed E-state index contributed by atoms with van der Waals surface area (Å²) < 4.78 is 7.68. The number of para-hydroxylation sites is 1. The molecule has 4 rings (SSSR count). The summed E-state index contributed by atoms with van der Waals surface area (Å²) in [6, 6.07) is 21.2. The number of primary amides is 1. The number of furan rings is 1. The van der Waals surface area contributed by atoms with Crippen LogP contribution in [-0.4, -0.2) is 15.7 Å². The Bertz CT molecular complexity index is 1190. The lowest BCUT2D eigenvalue weighted by Crippen LogP contribution is -2.12. The number of nitrogens with two attached hydrogens (primary N) is 1. The first-order chi connectivity index (χ1) is 13.6. The van der Waals surface area contributed by atoms with E-state index in [4.69, 9.17) is 10.2 Å². The zero-order chi connectivity index (χ0) is 19.5. The number of nitriles is 1. The molecule has 0 atom stereocenters. The molecule has 2 aromatic carbocycles. The van der Waals surface area contributed by atoms with E-state index >= 15 is 0 Å². The van der Waals surface area contributed by atoms with Crippen LogP contribution in [0, 0.1) is 11.3 Å². The number of carbonyl (C=O) groups excluding carboxylic acids is 1. The monoisotopic (exact) mass is 368 g/mol. The molecule has 0 spiro atoms. The highest BCUT2D eigenvalue weighted by Crippen LogP contribution is 2.30. The molecule has 0 aliphatic heterocycles. The molecule has 0 bridgehead atoms. The third-order valence-electron chi connectivity index (χ3n) is 4.32. The van der Waals surface area contributed by atoms with Gasteiger partial charge in [-0.2, -0.15) is 10.4 Å². The lowest BCUT2D eigenvalue weighted by molar-refractivity contribution is -0.114. The summed E-state index contributed by atoms with van der Waals surface area (Å²) >= 11 is 0. The van der Waals surface area contributed by atoms with E-state index in [-0.39, 0.29) is 5.57 Å². The maximum Gasteiger partial charge on any atom is 0.259 e. The van der Waals surface area contributed by atoms with Crippen LogP contribution in [0.5, 0.6) is 0 Å². The molecule has 0 unspecified atom stereocenters. The van der Waals surface area contributed by atoms with Crippen LogP contribution < -0.4 is 5.73 Å². The zero-order valence-electron chi connectivity index (χ0n) is 14.9. The predicted molar refractivity (Wildman–Crippen MR) is 106 cm³/mol. The van der Waals surface area contributed by atoms with Crippen molar-refractivity contribution >= 4 is 23.0 Å². The van der Waals surface area contributed by atoms with Crippen LogP contribution in [0.3, 0.4) is 0 Å². The van der Waals surface area contributed by atoms with Gasteiger partial charge in [0.1, 0.15) is 22.9 Å². The Morgan fingerprint density at radius 3 is 2.64 bits per heavy atom. The van der Waals surface area contributed by atoms with Crippen molar-refractivity contribution in [1.82, 2.24) is 9.78 Å². The van der Waals surface area contributed by atoms with E-state index < -0.39 is 5.91 Å². The van der Waals surface area contributed by atoms with Crippen LogP contribution in [0.2, 0.25) is 0 Å². The number of rotatable bonds is 5. The third kappa shape index (κ3) is 3.41. The highest BCUT2D eigenvalue weighted by atomic mass is 16.3. The maximum absolute atomic E-state index is 11.5. The molecule has 28 heavy (non-hydrogen) atoms. The van der Waals surface area contributed by atoms with Crippen molar-refractivity contribution in [3.63, 3.8) is 0 Å². The van der Waals surface area contributed by atoms with Crippen molar-refractivity contribution in [2.75, 3.05) is 0 Å². The molecule has 4 aromatic rings. The van der Waals surface area contributed by atoms with Gasteiger partial charge in [0, 0.05) is 17.1 Å². The molecule has 6 heteroatoms. The lowest BCUT2D eigenvalue weighted by atomic mass is 10.1. The van der Waals surface area contributed by atoms with E-state index in [0.717, 1.165) is 16.5 Å². The van der Waals surface area contributed by atoms with E-state index in [1.807, 2.05) is 66.7 Å². The van der Waals surface area contributed by atoms with Crippen molar-refractivity contribution < 1.29 is 9.21 Å². The fraction of sp³-hybridized carbons (Fsp3) is 0.0455. The highest BCUT2D eigenvalue weighted by Gasteiger charge is 2.16. The second-order valence-corrected chi connectivity index (χ2v) is 6.30. The SMILES string of the molecule is N#C/C(=C/c1cn(Cc2ccccc2)nc1-c1cc2ccccc2o1)C(N)=O. The minimum absolute atomic E-state index is 0.142. The van der Waals surface area contributed by atoms with Crippen LogP contribution >= 0.6 is 0 Å². The molecule has 136 valence electrons. The third-order valence-corrected chi connectivity index (χ3v) is 4.32. The van der Waals surface area contributed by atoms with Crippen LogP contribution in [0.4, 0.5) is 0 Å². The quantitative estimate of drug-likeness (QED) is 0.428. The fourth-order valence-corrected chi connectivity index (χ4v) is 3.00. The molecule has 0 aliphatic rings. The lowest BCUT2D eigenvalue weighted by Gasteiger charge is -2.00. The summed E-state index contributed by atoms with van der Waals surface area (Å²) in [5, 5.41) is 14.8. The average molecular weight is 368 g/mol. The van der Waals surface area contributed by atoms with Gasteiger partial charge < -0.3 is 10.2 Å². The van der Waals surface area contributed by atoms with Gasteiger partial charge in [0.05, 0.1) is 6.54 Å². The molecular formula is C22H16N4O2. The highest BCUT2D eigenvalue weighted by molar-refractivity contribution is 6.01. The van der Waals surface area contributed by atoms with Gasteiger partial charge in [-0.1, -0.05) is 48.5 Å². The first-order valence-electron chi connectivity index (χ1n) is 8.66. The van der Waals surface area contributed by atoms with Gasteiger partial charge in [-0.3, -0.25) is 9.48 Å². The number of hydrogen-bond donors (Lipinski definition) is 1. The molecule has 0 saturated carbocycles. The number of fused-ring (bicyclic) bond motifs is 1. The second kappa shape index (κ2) is 7.25. The first-order valence-corrected chi connectivity index (χ1v) is 8.66. The van der Waals surface area contributed by atoms with Gasteiger partial charge >= 0.3 is 0 Å². The van der Waals surface area contributed by atoms with Gasteiger partial charge in [0.2, 0.25) is 0 Å². The Morgan fingerprint density at radius 1 is 1.18 bits per heavy atom. The number of nitrogens with zero attached hydrogens (tertiary/aromatic N) is 3. The molecule has 0 fully saturated rings. The van der Waals surface area contributed by atoms with Gasteiger partial charge in [0.25, 0.3) is 5.91 Å². The molecule has 2 N–H and O–H groups in total. The Balaban J connectivity index is 1.82. The van der Waals surface area contributed by atoms with Gasteiger partial charge in [-0.15, -0.1) is 0 Å². The van der Waals surface area contributed by atoms with E-state index in [2.05, 4.69) is 5.10 Å². The van der Waals surface area contributed by atoms with Gasteiger partial charge in [-0.25, -0.2) is 0 Å². The summed E-state index contributed by atoms with van der Waals surface area (Å²) in [5.74, 6) is -0.227. The minimum atomic E-state index is -0.783. The normalized spacial score (nSPS) is 11.5. The number of aromatic nitrogens is 2. The molecule has 0 radical (unpaired) electrons. The smallest absolute Gasteiger partial charge is 0.259 e. The molecular weight excluding hydrogens is 352 g/mol. The maximum atomic E-state index is 11.5. The van der Waals surface area contributed by atoms with Crippen LogP contribution in [0.15, 0.2) is 76.9 Å². The van der Waals surface area contributed by atoms with E-state index in [1.54, 1.807) is 10.9 Å². The second-order valence-electron chi connectivity index (χ2n) is 6.30. The van der Waals surface area contributed by atoms with Crippen molar-refractivity contribution in [2.45, 2.75) is 6.54 Å². The predicted octanol–water partition coefficient (Wildman–Crippen LogP) is 3.74. The van der Waals surface area contributed by atoms with Crippen molar-refractivity contribution in [3.8, 4) is 17.5 Å². The first kappa shape index (κ1) is 17.3. The Morgan fingerprint density at radius 2 is 1.93 bits per heavy atom. The Labute approximate surface area is 161 Å². The molecule has 1 amide bonds. The van der Waals surface area contributed by atoms with Gasteiger partial charge in [0.15, 0.2) is 5.76 Å². The van der Waals surface area contributed by atoms with Crippen LogP contribution in [0.1, 0.15) is 11.1 Å². The summed E-state index contributed by atoms with van der Waals surface area (Å²) in [6.07, 6.45) is 3.22. The van der Waals surface area contributed by atoms with E-state index in [9.17, 15) is 10.1 Å². The number of benzene rings is 2. The fourth-order valence-electron chi connectivity index (χ4n) is 3.00. The van der Waals surface area contributed by atoms with Crippen molar-refractivity contribution in [3.05, 3.63) is 83.6 Å². The number of carbonyl (C=O) groups is 1. The average Bonchev–Trinajstić information content (AvgIpc) is 3.30. The molecule has 0 aliphatic carbocycles. The summed E-state index contributed by atoms with van der Waals surface area (Å²) in [7, 11) is 0. The van der Waals surface area contributed by atoms with Gasteiger partial charge in [-0.05, 0) is 23.8 Å². The largest absolute Gasteiger partial charge is 0.454 e.